The average molecular weight is 690 g/mol. The maximum Gasteiger partial charge on any atom is 0.164 e. The first-order valence-electron chi connectivity index (χ1n) is 18.2. The van der Waals surface area contributed by atoms with Crippen LogP contribution in [0.5, 0.6) is 0 Å². The Hall–Kier alpha value is -7.23. The maximum absolute atomic E-state index is 5.40. The Morgan fingerprint density at radius 2 is 0.611 bits per heavy atom. The zero-order valence-electron chi connectivity index (χ0n) is 29.5. The lowest BCUT2D eigenvalue weighted by atomic mass is 9.90. The minimum Gasteiger partial charge on any atom is -0.208 e. The molecule has 0 aliphatic heterocycles. The van der Waals surface area contributed by atoms with Gasteiger partial charge in [-0.25, -0.2) is 15.0 Å². The van der Waals surface area contributed by atoms with E-state index in [0.717, 1.165) is 72.3 Å². The molecule has 1 heterocycles. The van der Waals surface area contributed by atoms with Crippen molar-refractivity contribution in [1.82, 2.24) is 15.0 Å². The molecule has 3 nitrogen and oxygen atoms in total. The van der Waals surface area contributed by atoms with Gasteiger partial charge in [0.25, 0.3) is 0 Å². The Labute approximate surface area is 316 Å². The van der Waals surface area contributed by atoms with Crippen LogP contribution in [-0.2, 0) is 0 Å². The van der Waals surface area contributed by atoms with Gasteiger partial charge in [-0.05, 0) is 62.2 Å². The highest BCUT2D eigenvalue weighted by molar-refractivity contribution is 5.94. The first-order valence-corrected chi connectivity index (χ1v) is 18.2. The summed E-state index contributed by atoms with van der Waals surface area (Å²) >= 11 is 0. The molecule has 0 spiro atoms. The monoisotopic (exact) mass is 689 g/mol. The lowest BCUT2D eigenvalue weighted by molar-refractivity contribution is 1.07. The molecular weight excluding hydrogens is 655 g/mol. The van der Waals surface area contributed by atoms with Crippen LogP contribution in [0.1, 0.15) is 0 Å². The molecule has 0 saturated heterocycles. The van der Waals surface area contributed by atoms with E-state index in [0.29, 0.717) is 17.5 Å². The second-order valence-corrected chi connectivity index (χ2v) is 13.2. The molecule has 0 fully saturated rings. The molecular formula is C51H35N3. The average Bonchev–Trinajstić information content (AvgIpc) is 3.27. The van der Waals surface area contributed by atoms with Crippen LogP contribution in [0.3, 0.4) is 0 Å². The van der Waals surface area contributed by atoms with Gasteiger partial charge >= 0.3 is 0 Å². The summed E-state index contributed by atoms with van der Waals surface area (Å²) in [6.07, 6.45) is 0. The number of benzene rings is 8. The fourth-order valence-corrected chi connectivity index (χ4v) is 7.14. The number of nitrogens with zero attached hydrogens (tertiary/aromatic N) is 3. The van der Waals surface area contributed by atoms with Gasteiger partial charge in [0, 0.05) is 22.3 Å². The van der Waals surface area contributed by atoms with Crippen molar-refractivity contribution in [2.45, 2.75) is 0 Å². The van der Waals surface area contributed by atoms with Crippen molar-refractivity contribution in [3.05, 3.63) is 212 Å². The Morgan fingerprint density at radius 1 is 0.204 bits per heavy atom. The van der Waals surface area contributed by atoms with Crippen molar-refractivity contribution < 1.29 is 0 Å². The fourth-order valence-electron chi connectivity index (χ4n) is 7.14. The zero-order valence-corrected chi connectivity index (χ0v) is 29.5. The zero-order chi connectivity index (χ0) is 36.1. The van der Waals surface area contributed by atoms with Gasteiger partial charge in [0.1, 0.15) is 0 Å². The van der Waals surface area contributed by atoms with Crippen LogP contribution in [0.4, 0.5) is 0 Å². The first kappa shape index (κ1) is 32.7. The second-order valence-electron chi connectivity index (χ2n) is 13.2. The summed E-state index contributed by atoms with van der Waals surface area (Å²) in [6, 6.07) is 74.0. The Morgan fingerprint density at radius 3 is 1.20 bits per heavy atom. The molecule has 0 N–H and O–H groups in total. The highest BCUT2D eigenvalue weighted by Crippen LogP contribution is 2.41. The molecule has 9 rings (SSSR count). The van der Waals surface area contributed by atoms with E-state index in [1.165, 1.54) is 0 Å². The van der Waals surface area contributed by atoms with E-state index in [-0.39, 0.29) is 0 Å². The Bertz CT molecular complexity index is 2660. The fraction of sp³-hybridized carbons (Fsp3) is 0. The van der Waals surface area contributed by atoms with Crippen molar-refractivity contribution in [3.8, 4) is 89.8 Å². The normalized spacial score (nSPS) is 11.0. The summed E-state index contributed by atoms with van der Waals surface area (Å²) in [4.78, 5) is 16.0. The van der Waals surface area contributed by atoms with Gasteiger partial charge in [-0.3, -0.25) is 0 Å². The molecule has 0 aliphatic carbocycles. The van der Waals surface area contributed by atoms with Crippen molar-refractivity contribution in [3.63, 3.8) is 0 Å². The summed E-state index contributed by atoms with van der Waals surface area (Å²) in [7, 11) is 0. The quantitative estimate of drug-likeness (QED) is 0.159. The highest BCUT2D eigenvalue weighted by Gasteiger charge is 2.21. The predicted molar refractivity (Wildman–Crippen MR) is 223 cm³/mol. The van der Waals surface area contributed by atoms with Crippen LogP contribution in [0.25, 0.3) is 89.8 Å². The van der Waals surface area contributed by atoms with Crippen LogP contribution in [0, 0.1) is 0 Å². The minimum absolute atomic E-state index is 0.612. The minimum atomic E-state index is 0.612. The van der Waals surface area contributed by atoms with E-state index < -0.39 is 0 Å². The molecule has 254 valence electrons. The molecule has 0 aliphatic rings. The lowest BCUT2D eigenvalue weighted by Gasteiger charge is -2.17. The van der Waals surface area contributed by atoms with Crippen LogP contribution >= 0.6 is 0 Å². The SMILES string of the molecule is c1ccc(-c2cccc(-c3nc(-c4cc(-c5ccccc5)ccc4-c4ccccc4)nc(-c4cccc(-c5ccccc5)c4-c4ccccc4)n3)c2)cc1. The van der Waals surface area contributed by atoms with E-state index in [4.69, 9.17) is 15.0 Å². The molecule has 0 unspecified atom stereocenters. The molecule has 0 radical (unpaired) electrons. The number of rotatable bonds is 8. The summed E-state index contributed by atoms with van der Waals surface area (Å²) < 4.78 is 0. The van der Waals surface area contributed by atoms with Crippen molar-refractivity contribution in [1.29, 1.82) is 0 Å². The largest absolute Gasteiger partial charge is 0.208 e. The van der Waals surface area contributed by atoms with Crippen LogP contribution in [0.15, 0.2) is 212 Å². The van der Waals surface area contributed by atoms with Gasteiger partial charge in [0.15, 0.2) is 17.5 Å². The van der Waals surface area contributed by atoms with Gasteiger partial charge in [-0.1, -0.05) is 200 Å². The van der Waals surface area contributed by atoms with Crippen molar-refractivity contribution in [2.24, 2.45) is 0 Å². The molecule has 0 bridgehead atoms. The molecule has 0 amide bonds. The number of hydrogen-bond acceptors (Lipinski definition) is 3. The topological polar surface area (TPSA) is 38.7 Å². The third-order valence-corrected chi connectivity index (χ3v) is 9.77. The van der Waals surface area contributed by atoms with Crippen LogP contribution in [0.2, 0.25) is 0 Å². The second kappa shape index (κ2) is 14.8. The summed E-state index contributed by atoms with van der Waals surface area (Å²) in [5.74, 6) is 1.84. The predicted octanol–water partition coefficient (Wildman–Crippen LogP) is 13.2. The Balaban J connectivity index is 1.33. The summed E-state index contributed by atoms with van der Waals surface area (Å²) in [5.41, 5.74) is 13.8. The summed E-state index contributed by atoms with van der Waals surface area (Å²) in [6.45, 7) is 0. The summed E-state index contributed by atoms with van der Waals surface area (Å²) in [5, 5.41) is 0. The van der Waals surface area contributed by atoms with E-state index in [1.54, 1.807) is 0 Å². The van der Waals surface area contributed by atoms with Crippen LogP contribution in [-0.4, -0.2) is 15.0 Å². The third-order valence-electron chi connectivity index (χ3n) is 9.77. The molecule has 0 atom stereocenters. The van der Waals surface area contributed by atoms with Crippen LogP contribution < -0.4 is 0 Å². The lowest BCUT2D eigenvalue weighted by Crippen LogP contribution is -2.03. The number of aromatic nitrogens is 3. The smallest absolute Gasteiger partial charge is 0.164 e. The van der Waals surface area contributed by atoms with Gasteiger partial charge in [0.2, 0.25) is 0 Å². The van der Waals surface area contributed by atoms with Crippen molar-refractivity contribution >= 4 is 0 Å². The van der Waals surface area contributed by atoms with E-state index in [1.807, 2.05) is 18.2 Å². The molecule has 0 saturated carbocycles. The van der Waals surface area contributed by atoms with E-state index >= 15 is 0 Å². The standard InChI is InChI=1S/C51H35N3/c1-6-18-36(19-7-1)41-28-16-29-43(34-41)49-52-50(46-31-17-30-45(39-24-12-4-13-25-39)48(46)40-26-14-5-15-27-40)54-51(53-49)47-35-42(37-20-8-2-9-21-37)32-33-44(47)38-22-10-3-11-23-38/h1-35H. The number of hydrogen-bond donors (Lipinski definition) is 0. The van der Waals surface area contributed by atoms with Gasteiger partial charge in [-0.15, -0.1) is 0 Å². The molecule has 9 aromatic rings. The Kier molecular flexibility index (Phi) is 8.94. The molecule has 1 aromatic heterocycles. The van der Waals surface area contributed by atoms with Gasteiger partial charge < -0.3 is 0 Å². The van der Waals surface area contributed by atoms with E-state index in [2.05, 4.69) is 194 Å². The first-order chi connectivity index (χ1) is 26.8. The van der Waals surface area contributed by atoms with Crippen molar-refractivity contribution in [2.75, 3.05) is 0 Å². The molecule has 3 heteroatoms. The van der Waals surface area contributed by atoms with E-state index in [9.17, 15) is 0 Å². The van der Waals surface area contributed by atoms with Gasteiger partial charge in [-0.2, -0.15) is 0 Å². The van der Waals surface area contributed by atoms with Gasteiger partial charge in [0.05, 0.1) is 0 Å². The highest BCUT2D eigenvalue weighted by atomic mass is 15.0. The molecule has 8 aromatic carbocycles. The third kappa shape index (κ3) is 6.63. The maximum atomic E-state index is 5.40. The molecule has 54 heavy (non-hydrogen) atoms.